The highest BCUT2D eigenvalue weighted by Crippen LogP contribution is 2.43. The van der Waals surface area contributed by atoms with Crippen LogP contribution in [-0.4, -0.2) is 18.3 Å². The van der Waals surface area contributed by atoms with Crippen LogP contribution in [0.3, 0.4) is 0 Å². The van der Waals surface area contributed by atoms with Gasteiger partial charge in [-0.15, -0.1) is 0 Å². The first-order chi connectivity index (χ1) is 7.50. The summed E-state index contributed by atoms with van der Waals surface area (Å²) >= 11 is 0. The van der Waals surface area contributed by atoms with Crippen molar-refractivity contribution in [2.45, 2.75) is 25.8 Å². The second-order valence-electron chi connectivity index (χ2n) is 4.56. The first kappa shape index (κ1) is 11.1. The van der Waals surface area contributed by atoms with Crippen molar-refractivity contribution in [2.75, 3.05) is 13.2 Å². The van der Waals surface area contributed by atoms with Crippen molar-refractivity contribution in [3.63, 3.8) is 0 Å². The molecule has 88 valence electrons. The molecule has 1 aromatic rings. The summed E-state index contributed by atoms with van der Waals surface area (Å²) in [6.45, 7) is 4.87. The summed E-state index contributed by atoms with van der Waals surface area (Å²) in [7, 11) is 0. The second-order valence-corrected chi connectivity index (χ2v) is 4.56. The number of fused-ring (bicyclic) bond motifs is 1. The number of phenols is 1. The first-order valence-corrected chi connectivity index (χ1v) is 5.41. The van der Waals surface area contributed by atoms with E-state index in [4.69, 9.17) is 15.2 Å². The predicted octanol–water partition coefficient (Wildman–Crippen LogP) is 1.75. The minimum Gasteiger partial charge on any atom is -0.507 e. The lowest BCUT2D eigenvalue weighted by molar-refractivity contribution is 0.293. The molecule has 0 bridgehead atoms. The molecule has 1 aliphatic heterocycles. The van der Waals surface area contributed by atoms with Crippen molar-refractivity contribution < 1.29 is 14.6 Å². The zero-order chi connectivity index (χ0) is 11.8. The maximum Gasteiger partial charge on any atom is 0.169 e. The Hall–Kier alpha value is -1.42. The van der Waals surface area contributed by atoms with E-state index in [1.54, 1.807) is 12.1 Å². The van der Waals surface area contributed by atoms with E-state index in [0.29, 0.717) is 30.3 Å². The molecule has 1 aromatic carbocycles. The SMILES string of the molecule is CC(C)(N)c1c(O)ccc2c1OCCCO2. The van der Waals surface area contributed by atoms with Gasteiger partial charge in [-0.25, -0.2) is 0 Å². The first-order valence-electron chi connectivity index (χ1n) is 5.41. The van der Waals surface area contributed by atoms with Gasteiger partial charge in [0, 0.05) is 12.0 Å². The number of hydrogen-bond donors (Lipinski definition) is 2. The molecule has 0 radical (unpaired) electrons. The van der Waals surface area contributed by atoms with E-state index in [1.165, 1.54) is 0 Å². The molecule has 1 aliphatic rings. The van der Waals surface area contributed by atoms with Crippen LogP contribution >= 0.6 is 0 Å². The van der Waals surface area contributed by atoms with Crippen LogP contribution in [0.5, 0.6) is 17.2 Å². The van der Waals surface area contributed by atoms with E-state index < -0.39 is 5.54 Å². The van der Waals surface area contributed by atoms with Crippen LogP contribution < -0.4 is 15.2 Å². The van der Waals surface area contributed by atoms with E-state index in [9.17, 15) is 5.11 Å². The number of ether oxygens (including phenoxy) is 2. The Balaban J connectivity index is 2.58. The molecule has 0 unspecified atom stereocenters. The van der Waals surface area contributed by atoms with Crippen molar-refractivity contribution in [2.24, 2.45) is 5.73 Å². The molecular formula is C12H17NO3. The van der Waals surface area contributed by atoms with Gasteiger partial charge in [-0.2, -0.15) is 0 Å². The van der Waals surface area contributed by atoms with Crippen molar-refractivity contribution >= 4 is 0 Å². The zero-order valence-corrected chi connectivity index (χ0v) is 9.62. The molecule has 0 aliphatic carbocycles. The molecule has 0 atom stereocenters. The monoisotopic (exact) mass is 223 g/mol. The molecule has 0 saturated heterocycles. The van der Waals surface area contributed by atoms with Crippen LogP contribution in [0.25, 0.3) is 0 Å². The fourth-order valence-electron chi connectivity index (χ4n) is 1.85. The van der Waals surface area contributed by atoms with Crippen LogP contribution in [0, 0.1) is 0 Å². The Morgan fingerprint density at radius 1 is 1.25 bits per heavy atom. The molecule has 4 heteroatoms. The van der Waals surface area contributed by atoms with Gasteiger partial charge in [0.25, 0.3) is 0 Å². The van der Waals surface area contributed by atoms with Crippen molar-refractivity contribution in [1.29, 1.82) is 0 Å². The van der Waals surface area contributed by atoms with Gasteiger partial charge in [0.1, 0.15) is 5.75 Å². The number of phenolic OH excluding ortho intramolecular Hbond substituents is 1. The minimum absolute atomic E-state index is 0.150. The van der Waals surface area contributed by atoms with E-state index in [2.05, 4.69) is 0 Å². The lowest BCUT2D eigenvalue weighted by atomic mass is 9.93. The Morgan fingerprint density at radius 2 is 1.94 bits per heavy atom. The normalized spacial score (nSPS) is 15.7. The van der Waals surface area contributed by atoms with Gasteiger partial charge in [0.05, 0.1) is 18.8 Å². The predicted molar refractivity (Wildman–Crippen MR) is 60.9 cm³/mol. The fourth-order valence-corrected chi connectivity index (χ4v) is 1.85. The topological polar surface area (TPSA) is 64.7 Å². The summed E-state index contributed by atoms with van der Waals surface area (Å²) < 4.78 is 11.2. The van der Waals surface area contributed by atoms with E-state index >= 15 is 0 Å². The van der Waals surface area contributed by atoms with Crippen LogP contribution in [0.15, 0.2) is 12.1 Å². The standard InChI is InChI=1S/C12H17NO3/c1-12(2,13)10-8(14)4-5-9-11(10)16-7-3-6-15-9/h4-5,14H,3,6-7,13H2,1-2H3. The Kier molecular flexibility index (Phi) is 2.68. The van der Waals surface area contributed by atoms with Gasteiger partial charge >= 0.3 is 0 Å². The molecule has 0 spiro atoms. The van der Waals surface area contributed by atoms with Crippen LogP contribution in [0.4, 0.5) is 0 Å². The van der Waals surface area contributed by atoms with Crippen molar-refractivity contribution in [3.8, 4) is 17.2 Å². The number of benzene rings is 1. The molecule has 1 heterocycles. The summed E-state index contributed by atoms with van der Waals surface area (Å²) in [6.07, 6.45) is 0.833. The third-order valence-corrected chi connectivity index (χ3v) is 2.54. The van der Waals surface area contributed by atoms with Crippen LogP contribution in [0.2, 0.25) is 0 Å². The summed E-state index contributed by atoms with van der Waals surface area (Å²) in [5, 5.41) is 9.88. The highest BCUT2D eigenvalue weighted by Gasteiger charge is 2.27. The molecule has 2 rings (SSSR count). The van der Waals surface area contributed by atoms with E-state index in [1.807, 2.05) is 13.8 Å². The van der Waals surface area contributed by atoms with Gasteiger partial charge in [-0.05, 0) is 26.0 Å². The van der Waals surface area contributed by atoms with Gasteiger partial charge < -0.3 is 20.3 Å². The molecule has 0 fully saturated rings. The lowest BCUT2D eigenvalue weighted by Crippen LogP contribution is -2.29. The summed E-state index contributed by atoms with van der Waals surface area (Å²) in [5.74, 6) is 1.38. The Morgan fingerprint density at radius 3 is 2.62 bits per heavy atom. The van der Waals surface area contributed by atoms with Crippen LogP contribution in [-0.2, 0) is 5.54 Å². The number of rotatable bonds is 1. The molecule has 0 amide bonds. The molecule has 16 heavy (non-hydrogen) atoms. The number of hydrogen-bond acceptors (Lipinski definition) is 4. The quantitative estimate of drug-likeness (QED) is 0.761. The van der Waals surface area contributed by atoms with Gasteiger partial charge in [-0.1, -0.05) is 0 Å². The minimum atomic E-state index is -0.664. The molecule has 4 nitrogen and oxygen atoms in total. The summed E-state index contributed by atoms with van der Waals surface area (Å²) in [4.78, 5) is 0. The third kappa shape index (κ3) is 1.93. The lowest BCUT2D eigenvalue weighted by Gasteiger charge is -2.24. The van der Waals surface area contributed by atoms with E-state index in [-0.39, 0.29) is 5.75 Å². The van der Waals surface area contributed by atoms with Gasteiger partial charge in [0.15, 0.2) is 11.5 Å². The zero-order valence-electron chi connectivity index (χ0n) is 9.62. The van der Waals surface area contributed by atoms with Crippen molar-refractivity contribution in [3.05, 3.63) is 17.7 Å². The average molecular weight is 223 g/mol. The third-order valence-electron chi connectivity index (χ3n) is 2.54. The fraction of sp³-hybridized carbons (Fsp3) is 0.500. The number of aromatic hydroxyl groups is 1. The van der Waals surface area contributed by atoms with E-state index in [0.717, 1.165) is 6.42 Å². The second kappa shape index (κ2) is 3.87. The molecule has 3 N–H and O–H groups in total. The average Bonchev–Trinajstić information content (AvgIpc) is 2.40. The molecular weight excluding hydrogens is 206 g/mol. The molecule has 0 aromatic heterocycles. The highest BCUT2D eigenvalue weighted by atomic mass is 16.5. The maximum absolute atomic E-state index is 9.88. The Labute approximate surface area is 95.0 Å². The summed E-state index contributed by atoms with van der Waals surface area (Å²) in [6, 6.07) is 3.31. The van der Waals surface area contributed by atoms with Crippen LogP contribution in [0.1, 0.15) is 25.8 Å². The molecule has 0 saturated carbocycles. The maximum atomic E-state index is 9.88. The summed E-state index contributed by atoms with van der Waals surface area (Å²) in [5.41, 5.74) is 5.98. The largest absolute Gasteiger partial charge is 0.507 e. The Bertz CT molecular complexity index is 396. The van der Waals surface area contributed by atoms with Gasteiger partial charge in [0.2, 0.25) is 0 Å². The highest BCUT2D eigenvalue weighted by molar-refractivity contribution is 5.56. The van der Waals surface area contributed by atoms with Crippen molar-refractivity contribution in [1.82, 2.24) is 0 Å². The number of nitrogens with two attached hydrogens (primary N) is 1. The smallest absolute Gasteiger partial charge is 0.169 e. The van der Waals surface area contributed by atoms with Gasteiger partial charge in [-0.3, -0.25) is 0 Å².